The van der Waals surface area contributed by atoms with Gasteiger partial charge in [-0.15, -0.1) is 0 Å². The van der Waals surface area contributed by atoms with E-state index in [0.717, 1.165) is 4.31 Å². The van der Waals surface area contributed by atoms with Crippen LogP contribution in [-0.2, 0) is 25.1 Å². The van der Waals surface area contributed by atoms with E-state index in [4.69, 9.17) is 9.84 Å². The standard InChI is InChI=1S/C27H33N7O5S/c1-32(2)40(37,38)22-6-4-3-5-20(22)30-24-23-21(7-14-29-25(23)35)34(31-24)27(10-13-28)11-15-33(16-12-27)26(36)19-8-17-39-18-9-19/h3-7,14,19H,8-12,15-18H2,1-2H3,(H,29,35)(H,30,31). The highest BCUT2D eigenvalue weighted by Gasteiger charge is 2.41. The molecule has 0 saturated carbocycles. The maximum Gasteiger partial charge on any atom is 0.261 e. The molecule has 2 aliphatic rings. The number of rotatable bonds is 7. The van der Waals surface area contributed by atoms with Gasteiger partial charge >= 0.3 is 0 Å². The van der Waals surface area contributed by atoms with Crippen molar-refractivity contribution < 1.29 is 17.9 Å². The molecule has 3 aromatic rings. The van der Waals surface area contributed by atoms with Gasteiger partial charge in [0.15, 0.2) is 5.82 Å². The summed E-state index contributed by atoms with van der Waals surface area (Å²) >= 11 is 0. The van der Waals surface area contributed by atoms with Crippen LogP contribution in [0.2, 0.25) is 0 Å². The molecular weight excluding hydrogens is 534 g/mol. The zero-order valence-corrected chi connectivity index (χ0v) is 23.4. The normalized spacial score (nSPS) is 18.1. The number of fused-ring (bicyclic) bond motifs is 1. The van der Waals surface area contributed by atoms with Crippen LogP contribution in [0.4, 0.5) is 11.5 Å². The molecule has 2 fully saturated rings. The number of benzene rings is 1. The Morgan fingerprint density at radius 1 is 1.23 bits per heavy atom. The first-order valence-corrected chi connectivity index (χ1v) is 14.7. The van der Waals surface area contributed by atoms with E-state index in [1.807, 2.05) is 4.90 Å². The van der Waals surface area contributed by atoms with Gasteiger partial charge in [0.2, 0.25) is 15.9 Å². The van der Waals surface area contributed by atoms with Gasteiger partial charge in [-0.1, -0.05) is 12.1 Å². The van der Waals surface area contributed by atoms with E-state index in [9.17, 15) is 23.3 Å². The van der Waals surface area contributed by atoms with Crippen LogP contribution in [-0.4, -0.2) is 78.7 Å². The third-order valence-electron chi connectivity index (χ3n) is 7.94. The molecule has 0 atom stereocenters. The fraction of sp³-hybridized carbons (Fsp3) is 0.481. The monoisotopic (exact) mass is 567 g/mol. The average molecular weight is 568 g/mol. The number of H-pyrrole nitrogens is 1. The number of nitrogens with zero attached hydrogens (tertiary/aromatic N) is 5. The molecule has 4 heterocycles. The van der Waals surface area contributed by atoms with Gasteiger partial charge < -0.3 is 19.9 Å². The molecule has 1 amide bonds. The van der Waals surface area contributed by atoms with Crippen LogP contribution in [0, 0.1) is 17.2 Å². The Labute approximate surface area is 232 Å². The number of piperidine rings is 1. The predicted octanol–water partition coefficient (Wildman–Crippen LogP) is 2.38. The van der Waals surface area contributed by atoms with Crippen molar-refractivity contribution in [2.75, 3.05) is 45.7 Å². The second kappa shape index (κ2) is 11.0. The van der Waals surface area contributed by atoms with Crippen LogP contribution in [0.15, 0.2) is 46.2 Å². The molecule has 40 heavy (non-hydrogen) atoms. The van der Waals surface area contributed by atoms with E-state index in [-0.39, 0.29) is 40.0 Å². The van der Waals surface area contributed by atoms with Crippen LogP contribution >= 0.6 is 0 Å². The van der Waals surface area contributed by atoms with E-state index >= 15 is 0 Å². The van der Waals surface area contributed by atoms with Gasteiger partial charge in [-0.2, -0.15) is 10.4 Å². The van der Waals surface area contributed by atoms with Crippen molar-refractivity contribution in [1.82, 2.24) is 24.0 Å². The van der Waals surface area contributed by atoms with Crippen LogP contribution in [0.1, 0.15) is 32.1 Å². The molecule has 0 spiro atoms. The minimum atomic E-state index is -3.79. The van der Waals surface area contributed by atoms with Crippen LogP contribution < -0.4 is 10.9 Å². The number of carbonyl (C=O) groups excluding carboxylic acids is 1. The number of hydrogen-bond acceptors (Lipinski definition) is 8. The molecule has 2 saturated heterocycles. The lowest BCUT2D eigenvalue weighted by Gasteiger charge is -2.42. The van der Waals surface area contributed by atoms with Crippen molar-refractivity contribution >= 4 is 38.3 Å². The van der Waals surface area contributed by atoms with Crippen molar-refractivity contribution in [3.05, 3.63) is 46.9 Å². The fourth-order valence-corrected chi connectivity index (χ4v) is 6.64. The maximum absolute atomic E-state index is 13.2. The minimum absolute atomic E-state index is 0.0433. The number of nitriles is 1. The van der Waals surface area contributed by atoms with E-state index < -0.39 is 21.1 Å². The van der Waals surface area contributed by atoms with Gasteiger partial charge in [0.05, 0.1) is 29.2 Å². The molecule has 12 nitrogen and oxygen atoms in total. The summed E-state index contributed by atoms with van der Waals surface area (Å²) in [6.45, 7) is 2.11. The molecule has 2 aromatic heterocycles. The van der Waals surface area contributed by atoms with E-state index in [2.05, 4.69) is 16.4 Å². The van der Waals surface area contributed by atoms with Crippen LogP contribution in [0.5, 0.6) is 0 Å². The third-order valence-corrected chi connectivity index (χ3v) is 9.81. The number of para-hydroxylation sites is 1. The molecule has 0 unspecified atom stereocenters. The minimum Gasteiger partial charge on any atom is -0.381 e. The maximum atomic E-state index is 13.2. The first-order valence-electron chi connectivity index (χ1n) is 13.3. The summed E-state index contributed by atoms with van der Waals surface area (Å²) in [4.78, 5) is 30.8. The Hall–Kier alpha value is -3.73. The third kappa shape index (κ3) is 4.98. The highest BCUT2D eigenvalue weighted by atomic mass is 32.2. The topological polar surface area (TPSA) is 153 Å². The van der Waals surface area contributed by atoms with E-state index in [1.165, 1.54) is 26.4 Å². The van der Waals surface area contributed by atoms with Crippen molar-refractivity contribution in [1.29, 1.82) is 5.26 Å². The summed E-state index contributed by atoms with van der Waals surface area (Å²) in [5, 5.41) is 18.0. The predicted molar refractivity (Wildman–Crippen MR) is 149 cm³/mol. The van der Waals surface area contributed by atoms with Gasteiger partial charge in [0.1, 0.15) is 10.3 Å². The summed E-state index contributed by atoms with van der Waals surface area (Å²) in [5.41, 5.74) is -0.336. The summed E-state index contributed by atoms with van der Waals surface area (Å²) in [7, 11) is -0.887. The number of nitrogens with one attached hydrogen (secondary N) is 2. The van der Waals surface area contributed by atoms with Crippen molar-refractivity contribution in [2.45, 2.75) is 42.5 Å². The number of aromatic amines is 1. The molecule has 0 radical (unpaired) electrons. The Bertz CT molecular complexity index is 1610. The second-order valence-electron chi connectivity index (χ2n) is 10.5. The summed E-state index contributed by atoms with van der Waals surface area (Å²) in [6.07, 6.45) is 4.08. The van der Waals surface area contributed by atoms with Gasteiger partial charge in [-0.3, -0.25) is 14.3 Å². The quantitative estimate of drug-likeness (QED) is 0.441. The first-order chi connectivity index (χ1) is 19.2. The highest BCUT2D eigenvalue weighted by molar-refractivity contribution is 7.89. The Morgan fingerprint density at radius 2 is 1.93 bits per heavy atom. The molecule has 2 aliphatic heterocycles. The first kappa shape index (κ1) is 27.8. The molecule has 5 rings (SSSR count). The number of hydrogen-bond donors (Lipinski definition) is 2. The molecule has 13 heteroatoms. The molecular formula is C27H33N7O5S. The molecule has 1 aromatic carbocycles. The highest BCUT2D eigenvalue weighted by Crippen LogP contribution is 2.38. The smallest absolute Gasteiger partial charge is 0.261 e. The van der Waals surface area contributed by atoms with Crippen molar-refractivity contribution in [3.8, 4) is 6.07 Å². The lowest BCUT2D eigenvalue weighted by Crippen LogP contribution is -2.50. The van der Waals surface area contributed by atoms with Crippen molar-refractivity contribution in [3.63, 3.8) is 0 Å². The number of sulfonamides is 1. The zero-order valence-electron chi connectivity index (χ0n) is 22.6. The Morgan fingerprint density at radius 3 is 2.60 bits per heavy atom. The number of amides is 1. The number of ether oxygens (including phenoxy) is 1. The molecule has 212 valence electrons. The number of pyridine rings is 1. The van der Waals surface area contributed by atoms with Crippen LogP contribution in [0.25, 0.3) is 10.9 Å². The van der Waals surface area contributed by atoms with Crippen LogP contribution in [0.3, 0.4) is 0 Å². The molecule has 0 aliphatic carbocycles. The van der Waals surface area contributed by atoms with Crippen molar-refractivity contribution in [2.24, 2.45) is 5.92 Å². The fourth-order valence-electron chi connectivity index (χ4n) is 5.60. The molecule has 2 N–H and O–H groups in total. The number of aromatic nitrogens is 3. The SMILES string of the molecule is CN(C)S(=O)(=O)c1ccccc1Nc1nn(C2(CC#N)CCN(C(=O)C3CCOCC3)CC2)c2cc[nH]c(=O)c12. The van der Waals surface area contributed by atoms with E-state index in [1.54, 1.807) is 28.9 Å². The summed E-state index contributed by atoms with van der Waals surface area (Å²) in [5.74, 6) is 0.267. The molecule has 0 bridgehead atoms. The van der Waals surface area contributed by atoms with Gasteiger partial charge in [-0.25, -0.2) is 12.7 Å². The number of likely N-dealkylation sites (tertiary alicyclic amines) is 1. The van der Waals surface area contributed by atoms with E-state index in [0.29, 0.717) is 57.5 Å². The van der Waals surface area contributed by atoms with Gasteiger partial charge in [-0.05, 0) is 43.9 Å². The largest absolute Gasteiger partial charge is 0.381 e. The Kier molecular flexibility index (Phi) is 7.67. The lowest BCUT2D eigenvalue weighted by atomic mass is 9.84. The zero-order chi connectivity index (χ0) is 28.5. The number of anilines is 2. The Balaban J connectivity index is 1.52. The van der Waals surface area contributed by atoms with Gasteiger partial charge in [0.25, 0.3) is 5.56 Å². The number of carbonyl (C=O) groups is 1. The second-order valence-corrected chi connectivity index (χ2v) is 12.6. The summed E-state index contributed by atoms with van der Waals surface area (Å²) in [6, 6.07) is 10.5. The summed E-state index contributed by atoms with van der Waals surface area (Å²) < 4.78 is 34.2. The lowest BCUT2D eigenvalue weighted by molar-refractivity contribution is -0.140. The van der Waals surface area contributed by atoms with Gasteiger partial charge in [0, 0.05) is 52.5 Å². The average Bonchev–Trinajstić information content (AvgIpc) is 3.34.